The monoisotopic (exact) mass is 318 g/mol. The number of benzene rings is 1. The van der Waals surface area contributed by atoms with Crippen LogP contribution in [0.3, 0.4) is 0 Å². The number of nitrogens with zero attached hydrogens (tertiary/aromatic N) is 1. The maximum Gasteiger partial charge on any atom is 0.241 e. The average Bonchev–Trinajstić information content (AvgIpc) is 2.94. The molecular formula is C13H16F2N2O3S. The number of sulfonamides is 1. The Balaban J connectivity index is 2.12. The van der Waals surface area contributed by atoms with Crippen LogP contribution in [-0.2, 0) is 14.8 Å². The molecule has 0 radical (unpaired) electrons. The summed E-state index contributed by atoms with van der Waals surface area (Å²) in [6.45, 7) is 2.64. The second kappa shape index (κ2) is 6.07. The molecule has 0 aromatic heterocycles. The number of hydrogen-bond acceptors (Lipinski definition) is 3. The summed E-state index contributed by atoms with van der Waals surface area (Å²) in [7, 11) is -4.08. The minimum absolute atomic E-state index is 0.321. The Labute approximate surface area is 122 Å². The molecule has 1 N–H and O–H groups in total. The number of amides is 1. The van der Waals surface area contributed by atoms with E-state index in [2.05, 4.69) is 4.72 Å². The Morgan fingerprint density at radius 3 is 2.43 bits per heavy atom. The summed E-state index contributed by atoms with van der Waals surface area (Å²) in [5.74, 6) is -2.70. The van der Waals surface area contributed by atoms with Crippen LogP contribution in [0.5, 0.6) is 0 Å². The van der Waals surface area contributed by atoms with Gasteiger partial charge in [-0.05, 0) is 38.0 Å². The van der Waals surface area contributed by atoms with Gasteiger partial charge in [0.1, 0.15) is 0 Å². The third-order valence-electron chi connectivity index (χ3n) is 3.32. The fraction of sp³-hybridized carbons (Fsp3) is 0.462. The third kappa shape index (κ3) is 3.56. The Bertz CT molecular complexity index is 643. The molecule has 21 heavy (non-hydrogen) atoms. The molecule has 1 aliphatic rings. The highest BCUT2D eigenvalue weighted by Gasteiger charge is 2.27. The van der Waals surface area contributed by atoms with Crippen LogP contribution in [0.25, 0.3) is 0 Å². The number of hydrogen-bond donors (Lipinski definition) is 1. The van der Waals surface area contributed by atoms with E-state index in [0.29, 0.717) is 19.2 Å². The Morgan fingerprint density at radius 2 is 1.86 bits per heavy atom. The zero-order valence-electron chi connectivity index (χ0n) is 11.5. The molecule has 1 aliphatic heterocycles. The molecule has 1 aromatic carbocycles. The van der Waals surface area contributed by atoms with Gasteiger partial charge in [0, 0.05) is 13.1 Å². The highest BCUT2D eigenvalue weighted by molar-refractivity contribution is 7.89. The van der Waals surface area contributed by atoms with Gasteiger partial charge in [-0.15, -0.1) is 0 Å². The Kier molecular flexibility index (Phi) is 4.58. The van der Waals surface area contributed by atoms with Gasteiger partial charge in [-0.3, -0.25) is 4.79 Å². The molecule has 1 fully saturated rings. The molecule has 0 unspecified atom stereocenters. The van der Waals surface area contributed by atoms with Crippen molar-refractivity contribution < 1.29 is 22.0 Å². The molecule has 1 atom stereocenters. The minimum atomic E-state index is -4.08. The quantitative estimate of drug-likeness (QED) is 0.909. The van der Waals surface area contributed by atoms with Gasteiger partial charge in [0.25, 0.3) is 0 Å². The molecule has 0 spiro atoms. The minimum Gasteiger partial charge on any atom is -0.341 e. The largest absolute Gasteiger partial charge is 0.341 e. The third-order valence-corrected chi connectivity index (χ3v) is 4.86. The van der Waals surface area contributed by atoms with E-state index in [0.717, 1.165) is 25.0 Å². The highest BCUT2D eigenvalue weighted by atomic mass is 32.2. The van der Waals surface area contributed by atoms with Crippen molar-refractivity contribution in [3.05, 3.63) is 29.8 Å². The fourth-order valence-electron chi connectivity index (χ4n) is 2.21. The van der Waals surface area contributed by atoms with Gasteiger partial charge in [0.05, 0.1) is 10.9 Å². The second-order valence-electron chi connectivity index (χ2n) is 4.95. The van der Waals surface area contributed by atoms with Gasteiger partial charge in [-0.25, -0.2) is 17.2 Å². The summed E-state index contributed by atoms with van der Waals surface area (Å²) in [5, 5.41) is 0. The van der Waals surface area contributed by atoms with E-state index in [9.17, 15) is 22.0 Å². The zero-order valence-corrected chi connectivity index (χ0v) is 12.3. The van der Waals surface area contributed by atoms with Crippen LogP contribution in [0.2, 0.25) is 0 Å². The number of rotatable bonds is 4. The number of carbonyl (C=O) groups is 1. The molecular weight excluding hydrogens is 302 g/mol. The lowest BCUT2D eigenvalue weighted by molar-refractivity contribution is -0.131. The topological polar surface area (TPSA) is 66.5 Å². The van der Waals surface area contributed by atoms with Crippen molar-refractivity contribution in [1.82, 2.24) is 9.62 Å². The van der Waals surface area contributed by atoms with Gasteiger partial charge in [-0.2, -0.15) is 4.72 Å². The van der Waals surface area contributed by atoms with Crippen molar-refractivity contribution in [3.63, 3.8) is 0 Å². The van der Waals surface area contributed by atoms with Crippen molar-refractivity contribution in [3.8, 4) is 0 Å². The van der Waals surface area contributed by atoms with E-state index in [4.69, 9.17) is 0 Å². The number of halogens is 2. The van der Waals surface area contributed by atoms with Gasteiger partial charge in [-0.1, -0.05) is 0 Å². The molecule has 2 rings (SSSR count). The van der Waals surface area contributed by atoms with Gasteiger partial charge >= 0.3 is 0 Å². The van der Waals surface area contributed by atoms with Crippen LogP contribution in [0.4, 0.5) is 8.78 Å². The highest BCUT2D eigenvalue weighted by Crippen LogP contribution is 2.15. The van der Waals surface area contributed by atoms with E-state index >= 15 is 0 Å². The van der Waals surface area contributed by atoms with Crippen LogP contribution in [0.15, 0.2) is 23.1 Å². The summed E-state index contributed by atoms with van der Waals surface area (Å²) in [6.07, 6.45) is 1.79. The SMILES string of the molecule is C[C@H](NS(=O)(=O)c1ccc(F)c(F)c1)C(=O)N1CCCC1. The maximum absolute atomic E-state index is 13.1. The van der Waals surface area contributed by atoms with Crippen molar-refractivity contribution in [2.45, 2.75) is 30.7 Å². The van der Waals surface area contributed by atoms with Crippen LogP contribution in [0.1, 0.15) is 19.8 Å². The molecule has 1 saturated heterocycles. The van der Waals surface area contributed by atoms with Crippen molar-refractivity contribution in [2.24, 2.45) is 0 Å². The standard InChI is InChI=1S/C13H16F2N2O3S/c1-9(13(18)17-6-2-3-7-17)16-21(19,20)10-4-5-11(14)12(15)8-10/h4-5,8-9,16H,2-3,6-7H2,1H3/t9-/m0/s1. The first kappa shape index (κ1) is 15.8. The summed E-state index contributed by atoms with van der Waals surface area (Å²) >= 11 is 0. The lowest BCUT2D eigenvalue weighted by Gasteiger charge is -2.21. The molecule has 1 heterocycles. The number of likely N-dealkylation sites (tertiary alicyclic amines) is 1. The lowest BCUT2D eigenvalue weighted by atomic mass is 10.3. The van der Waals surface area contributed by atoms with E-state index < -0.39 is 32.6 Å². The van der Waals surface area contributed by atoms with Gasteiger partial charge < -0.3 is 4.90 Å². The average molecular weight is 318 g/mol. The predicted molar refractivity (Wildman–Crippen MR) is 72.0 cm³/mol. The lowest BCUT2D eigenvalue weighted by Crippen LogP contribution is -2.45. The molecule has 0 saturated carbocycles. The van der Waals surface area contributed by atoms with Crippen LogP contribution in [-0.4, -0.2) is 38.4 Å². The summed E-state index contributed by atoms with van der Waals surface area (Å²) < 4.78 is 52.2. The Hall–Kier alpha value is -1.54. The van der Waals surface area contributed by atoms with E-state index in [1.54, 1.807) is 4.90 Å². The molecule has 116 valence electrons. The number of carbonyl (C=O) groups excluding carboxylic acids is 1. The van der Waals surface area contributed by atoms with Crippen molar-refractivity contribution >= 4 is 15.9 Å². The maximum atomic E-state index is 13.1. The van der Waals surface area contributed by atoms with Crippen LogP contribution < -0.4 is 4.72 Å². The molecule has 1 amide bonds. The molecule has 0 aliphatic carbocycles. The smallest absolute Gasteiger partial charge is 0.241 e. The normalized spacial score (nSPS) is 17.0. The van der Waals surface area contributed by atoms with Crippen molar-refractivity contribution in [1.29, 1.82) is 0 Å². The molecule has 8 heteroatoms. The zero-order chi connectivity index (χ0) is 15.6. The Morgan fingerprint density at radius 1 is 1.24 bits per heavy atom. The summed E-state index contributed by atoms with van der Waals surface area (Å²) in [6, 6.07) is 1.32. The summed E-state index contributed by atoms with van der Waals surface area (Å²) in [5.41, 5.74) is 0. The van der Waals surface area contributed by atoms with Crippen LogP contribution >= 0.6 is 0 Å². The van der Waals surface area contributed by atoms with Gasteiger partial charge in [0.2, 0.25) is 15.9 Å². The van der Waals surface area contributed by atoms with E-state index in [-0.39, 0.29) is 5.91 Å². The number of nitrogens with one attached hydrogen (secondary N) is 1. The molecule has 5 nitrogen and oxygen atoms in total. The summed E-state index contributed by atoms with van der Waals surface area (Å²) in [4.78, 5) is 13.2. The molecule has 0 bridgehead atoms. The van der Waals surface area contributed by atoms with Crippen LogP contribution in [0, 0.1) is 11.6 Å². The fourth-order valence-corrected chi connectivity index (χ4v) is 3.41. The van der Waals surface area contributed by atoms with E-state index in [1.807, 2.05) is 0 Å². The first-order valence-corrected chi connectivity index (χ1v) is 8.06. The first-order chi connectivity index (χ1) is 9.81. The first-order valence-electron chi connectivity index (χ1n) is 6.57. The predicted octanol–water partition coefficient (Wildman–Crippen LogP) is 1.25. The van der Waals surface area contributed by atoms with E-state index in [1.165, 1.54) is 6.92 Å². The second-order valence-corrected chi connectivity index (χ2v) is 6.67. The van der Waals surface area contributed by atoms with Crippen molar-refractivity contribution in [2.75, 3.05) is 13.1 Å². The molecule has 1 aromatic rings. The van der Waals surface area contributed by atoms with Gasteiger partial charge in [0.15, 0.2) is 11.6 Å².